The van der Waals surface area contributed by atoms with Crippen LogP contribution in [0.25, 0.3) is 0 Å². The molecule has 1 atom stereocenters. The fourth-order valence-corrected chi connectivity index (χ4v) is 2.15. The average Bonchev–Trinajstić information content (AvgIpc) is 2.47. The molecule has 1 aromatic carbocycles. The van der Waals surface area contributed by atoms with Crippen LogP contribution in [0, 0.1) is 0 Å². The van der Waals surface area contributed by atoms with Crippen LogP contribution >= 0.6 is 0 Å². The van der Waals surface area contributed by atoms with Gasteiger partial charge in [-0.25, -0.2) is 0 Å². The molecule has 1 unspecified atom stereocenters. The average molecular weight is 256 g/mol. The molecule has 0 amide bonds. The summed E-state index contributed by atoms with van der Waals surface area (Å²) in [4.78, 5) is 4.16. The number of nitrogens with zero attached hydrogens (tertiary/aromatic N) is 1. The second-order valence-electron chi connectivity index (χ2n) is 4.41. The highest BCUT2D eigenvalue weighted by Gasteiger charge is 2.12. The number of benzene rings is 1. The van der Waals surface area contributed by atoms with Gasteiger partial charge >= 0.3 is 0 Å². The summed E-state index contributed by atoms with van der Waals surface area (Å²) < 4.78 is 5.44. The van der Waals surface area contributed by atoms with E-state index in [-0.39, 0.29) is 6.04 Å². The van der Waals surface area contributed by atoms with Gasteiger partial charge in [0.2, 0.25) is 0 Å². The Morgan fingerprint density at radius 2 is 1.89 bits per heavy atom. The highest BCUT2D eigenvalue weighted by Crippen LogP contribution is 2.24. The van der Waals surface area contributed by atoms with Crippen LogP contribution in [0.1, 0.15) is 36.6 Å². The van der Waals surface area contributed by atoms with Crippen molar-refractivity contribution in [3.63, 3.8) is 0 Å². The van der Waals surface area contributed by atoms with Gasteiger partial charge in [-0.3, -0.25) is 4.98 Å². The Bertz CT molecular complexity index is 523. The number of rotatable bonds is 5. The molecule has 0 bridgehead atoms. The highest BCUT2D eigenvalue weighted by molar-refractivity contribution is 5.37. The Morgan fingerprint density at radius 3 is 2.53 bits per heavy atom. The molecule has 0 spiro atoms. The van der Waals surface area contributed by atoms with Gasteiger partial charge in [-0.05, 0) is 48.2 Å². The number of aryl methyl sites for hydroxylation is 1. The SMILES string of the molecule is CCOc1ccc(C(N)c2ccncc2CC)cc1. The minimum Gasteiger partial charge on any atom is -0.494 e. The molecule has 0 aliphatic rings. The summed E-state index contributed by atoms with van der Waals surface area (Å²) in [5.41, 5.74) is 9.77. The fourth-order valence-electron chi connectivity index (χ4n) is 2.15. The third-order valence-corrected chi connectivity index (χ3v) is 3.21. The lowest BCUT2D eigenvalue weighted by Gasteiger charge is -2.16. The summed E-state index contributed by atoms with van der Waals surface area (Å²) in [5, 5.41) is 0. The number of hydrogen-bond acceptors (Lipinski definition) is 3. The summed E-state index contributed by atoms with van der Waals surface area (Å²) in [6.45, 7) is 4.77. The Hall–Kier alpha value is -1.87. The Labute approximate surface area is 114 Å². The van der Waals surface area contributed by atoms with Crippen LogP contribution in [0.4, 0.5) is 0 Å². The van der Waals surface area contributed by atoms with Crippen molar-refractivity contribution in [1.82, 2.24) is 4.98 Å². The largest absolute Gasteiger partial charge is 0.494 e. The van der Waals surface area contributed by atoms with Crippen molar-refractivity contribution in [3.05, 3.63) is 59.4 Å². The maximum atomic E-state index is 6.35. The lowest BCUT2D eigenvalue weighted by Crippen LogP contribution is -2.14. The molecule has 3 heteroatoms. The van der Waals surface area contributed by atoms with E-state index in [1.165, 1.54) is 5.56 Å². The molecule has 0 aliphatic carbocycles. The normalized spacial score (nSPS) is 12.2. The molecule has 19 heavy (non-hydrogen) atoms. The minimum absolute atomic E-state index is 0.117. The van der Waals surface area contributed by atoms with Gasteiger partial charge in [-0.2, -0.15) is 0 Å². The van der Waals surface area contributed by atoms with Gasteiger partial charge in [0.25, 0.3) is 0 Å². The van der Waals surface area contributed by atoms with E-state index in [0.717, 1.165) is 23.3 Å². The maximum Gasteiger partial charge on any atom is 0.119 e. The van der Waals surface area contributed by atoms with Crippen molar-refractivity contribution in [2.45, 2.75) is 26.3 Å². The number of ether oxygens (including phenoxy) is 1. The van der Waals surface area contributed by atoms with Gasteiger partial charge < -0.3 is 10.5 Å². The minimum atomic E-state index is -0.117. The zero-order valence-corrected chi connectivity index (χ0v) is 11.5. The smallest absolute Gasteiger partial charge is 0.119 e. The first-order valence-electron chi connectivity index (χ1n) is 6.67. The van der Waals surface area contributed by atoms with E-state index in [0.29, 0.717) is 6.61 Å². The number of nitrogens with two attached hydrogens (primary N) is 1. The van der Waals surface area contributed by atoms with E-state index < -0.39 is 0 Å². The lowest BCUT2D eigenvalue weighted by molar-refractivity contribution is 0.340. The molecule has 100 valence electrons. The van der Waals surface area contributed by atoms with E-state index in [9.17, 15) is 0 Å². The van der Waals surface area contributed by atoms with Crippen LogP contribution in [0.3, 0.4) is 0 Å². The first kappa shape index (κ1) is 13.6. The van der Waals surface area contributed by atoms with Crippen molar-refractivity contribution in [1.29, 1.82) is 0 Å². The standard InChI is InChI=1S/C16H20N2O/c1-3-12-11-18-10-9-15(12)16(17)13-5-7-14(8-6-13)19-4-2/h5-11,16H,3-4,17H2,1-2H3. The molecule has 0 saturated heterocycles. The van der Waals surface area contributed by atoms with Crippen molar-refractivity contribution in [3.8, 4) is 5.75 Å². The second kappa shape index (κ2) is 6.34. The summed E-state index contributed by atoms with van der Waals surface area (Å²) >= 11 is 0. The topological polar surface area (TPSA) is 48.1 Å². The zero-order chi connectivity index (χ0) is 13.7. The van der Waals surface area contributed by atoms with E-state index in [1.807, 2.05) is 43.5 Å². The second-order valence-corrected chi connectivity index (χ2v) is 4.41. The van der Waals surface area contributed by atoms with Crippen molar-refractivity contribution >= 4 is 0 Å². The first-order valence-corrected chi connectivity index (χ1v) is 6.67. The molecule has 2 rings (SSSR count). The molecular weight excluding hydrogens is 236 g/mol. The van der Waals surface area contributed by atoms with Crippen molar-refractivity contribution in [2.75, 3.05) is 6.61 Å². The third-order valence-electron chi connectivity index (χ3n) is 3.21. The Morgan fingerprint density at radius 1 is 1.16 bits per heavy atom. The van der Waals surface area contributed by atoms with Crippen LogP contribution in [-0.2, 0) is 6.42 Å². The van der Waals surface area contributed by atoms with Gasteiger partial charge in [0.1, 0.15) is 5.75 Å². The predicted octanol–water partition coefficient (Wildman–Crippen LogP) is 3.09. The summed E-state index contributed by atoms with van der Waals surface area (Å²) in [5.74, 6) is 0.879. The monoisotopic (exact) mass is 256 g/mol. The van der Waals surface area contributed by atoms with Crippen LogP contribution in [-0.4, -0.2) is 11.6 Å². The van der Waals surface area contributed by atoms with Crippen molar-refractivity contribution in [2.24, 2.45) is 5.73 Å². The summed E-state index contributed by atoms with van der Waals surface area (Å²) in [6, 6.07) is 9.86. The first-order chi connectivity index (χ1) is 9.26. The highest BCUT2D eigenvalue weighted by atomic mass is 16.5. The fraction of sp³-hybridized carbons (Fsp3) is 0.312. The quantitative estimate of drug-likeness (QED) is 0.894. The molecule has 1 aromatic heterocycles. The molecule has 0 saturated carbocycles. The molecule has 2 N–H and O–H groups in total. The van der Waals surface area contributed by atoms with Gasteiger partial charge in [-0.15, -0.1) is 0 Å². The molecule has 0 aliphatic heterocycles. The summed E-state index contributed by atoms with van der Waals surface area (Å²) in [6.07, 6.45) is 4.63. The van der Waals surface area contributed by atoms with E-state index in [4.69, 9.17) is 10.5 Å². The van der Waals surface area contributed by atoms with Gasteiger partial charge in [-0.1, -0.05) is 19.1 Å². The lowest BCUT2D eigenvalue weighted by atomic mass is 9.95. The molecule has 0 radical (unpaired) electrons. The van der Waals surface area contributed by atoms with Crippen LogP contribution in [0.15, 0.2) is 42.7 Å². The molecule has 2 aromatic rings. The Kier molecular flexibility index (Phi) is 4.53. The van der Waals surface area contributed by atoms with E-state index in [2.05, 4.69) is 11.9 Å². The van der Waals surface area contributed by atoms with Crippen LogP contribution < -0.4 is 10.5 Å². The molecule has 0 fully saturated rings. The zero-order valence-electron chi connectivity index (χ0n) is 11.5. The van der Waals surface area contributed by atoms with Gasteiger partial charge in [0.15, 0.2) is 0 Å². The molecular formula is C16H20N2O. The van der Waals surface area contributed by atoms with Crippen LogP contribution in [0.2, 0.25) is 0 Å². The Balaban J connectivity index is 2.25. The van der Waals surface area contributed by atoms with E-state index in [1.54, 1.807) is 6.20 Å². The number of pyridine rings is 1. The predicted molar refractivity (Wildman–Crippen MR) is 77.3 cm³/mol. The van der Waals surface area contributed by atoms with Gasteiger partial charge in [0, 0.05) is 12.4 Å². The molecule has 3 nitrogen and oxygen atoms in total. The van der Waals surface area contributed by atoms with Crippen molar-refractivity contribution < 1.29 is 4.74 Å². The van der Waals surface area contributed by atoms with Crippen LogP contribution in [0.5, 0.6) is 5.75 Å². The number of hydrogen-bond donors (Lipinski definition) is 1. The van der Waals surface area contributed by atoms with Gasteiger partial charge in [0.05, 0.1) is 12.6 Å². The maximum absolute atomic E-state index is 6.35. The number of aromatic nitrogens is 1. The summed E-state index contributed by atoms with van der Waals surface area (Å²) in [7, 11) is 0. The van der Waals surface area contributed by atoms with E-state index >= 15 is 0 Å². The third kappa shape index (κ3) is 3.12. The molecule has 1 heterocycles.